The zero-order valence-electron chi connectivity index (χ0n) is 12.3. The van der Waals surface area contributed by atoms with E-state index < -0.39 is 5.97 Å². The largest absolute Gasteiger partial charge is 0.475 e. The number of carboxylic acid groups (broad SMARTS) is 1. The van der Waals surface area contributed by atoms with Crippen molar-refractivity contribution in [1.82, 2.24) is 4.90 Å². The number of nitrogens with zero attached hydrogens (tertiary/aromatic N) is 1. The fraction of sp³-hybridized carbons (Fsp3) is 0.471. The van der Waals surface area contributed by atoms with E-state index in [2.05, 4.69) is 11.8 Å². The average molecular weight is 287 g/mol. The van der Waals surface area contributed by atoms with Gasteiger partial charge in [-0.25, -0.2) is 4.79 Å². The molecule has 1 aromatic carbocycles. The lowest BCUT2D eigenvalue weighted by Crippen LogP contribution is -2.32. The summed E-state index contributed by atoms with van der Waals surface area (Å²) in [6.07, 6.45) is 4.10. The van der Waals surface area contributed by atoms with Crippen LogP contribution in [0.25, 0.3) is 11.0 Å². The van der Waals surface area contributed by atoms with E-state index in [0.29, 0.717) is 5.58 Å². The maximum Gasteiger partial charge on any atom is 0.371 e. The van der Waals surface area contributed by atoms with Crippen LogP contribution >= 0.6 is 0 Å². The first-order valence-electron chi connectivity index (χ1n) is 7.64. The van der Waals surface area contributed by atoms with Crippen LogP contribution in [0.1, 0.15) is 42.3 Å². The van der Waals surface area contributed by atoms with Gasteiger partial charge in [-0.3, -0.25) is 4.90 Å². The van der Waals surface area contributed by atoms with Gasteiger partial charge in [0.15, 0.2) is 0 Å². The number of furan rings is 1. The van der Waals surface area contributed by atoms with Gasteiger partial charge in [-0.1, -0.05) is 19.4 Å². The predicted octanol–water partition coefficient (Wildman–Crippen LogP) is 3.75. The van der Waals surface area contributed by atoms with Crippen molar-refractivity contribution in [2.75, 3.05) is 13.1 Å². The molecule has 1 fully saturated rings. The van der Waals surface area contributed by atoms with Crippen molar-refractivity contribution in [3.05, 3.63) is 35.6 Å². The van der Waals surface area contributed by atoms with Crippen LogP contribution in [0.5, 0.6) is 0 Å². The molecule has 0 bridgehead atoms. The van der Waals surface area contributed by atoms with Crippen LogP contribution in [0.3, 0.4) is 0 Å². The van der Waals surface area contributed by atoms with Crippen LogP contribution < -0.4 is 0 Å². The molecule has 0 spiro atoms. The van der Waals surface area contributed by atoms with Gasteiger partial charge in [0.1, 0.15) is 5.58 Å². The summed E-state index contributed by atoms with van der Waals surface area (Å²) in [6, 6.07) is 7.53. The molecular weight excluding hydrogens is 266 g/mol. The van der Waals surface area contributed by atoms with Crippen LogP contribution in [0, 0.1) is 5.92 Å². The van der Waals surface area contributed by atoms with Crippen LogP contribution in [-0.2, 0) is 6.54 Å². The summed E-state index contributed by atoms with van der Waals surface area (Å²) in [5, 5.41) is 9.83. The number of aromatic carboxylic acids is 1. The minimum absolute atomic E-state index is 0.00367. The molecule has 21 heavy (non-hydrogen) atoms. The van der Waals surface area contributed by atoms with E-state index in [1.165, 1.54) is 31.4 Å². The SMILES string of the molecule is CCN(Cc1ccc2oc(C(=O)O)cc2c1)CC1CCC1. The molecule has 1 aliphatic rings. The summed E-state index contributed by atoms with van der Waals surface area (Å²) in [5.74, 6) is -0.155. The summed E-state index contributed by atoms with van der Waals surface area (Å²) in [4.78, 5) is 13.4. The third-order valence-electron chi connectivity index (χ3n) is 4.39. The Kier molecular flexibility index (Phi) is 3.97. The molecule has 4 heteroatoms. The van der Waals surface area contributed by atoms with Crippen LogP contribution in [0.4, 0.5) is 0 Å². The number of carboxylic acids is 1. The molecular formula is C17H21NO3. The second-order valence-corrected chi connectivity index (χ2v) is 5.91. The molecule has 0 unspecified atom stereocenters. The van der Waals surface area contributed by atoms with Crippen molar-refractivity contribution in [3.63, 3.8) is 0 Å². The molecule has 2 aromatic rings. The van der Waals surface area contributed by atoms with Crippen LogP contribution in [0.2, 0.25) is 0 Å². The highest BCUT2D eigenvalue weighted by atomic mass is 16.4. The van der Waals surface area contributed by atoms with Gasteiger partial charge in [-0.2, -0.15) is 0 Å². The van der Waals surface area contributed by atoms with E-state index in [1.54, 1.807) is 6.07 Å². The maximum absolute atomic E-state index is 10.9. The summed E-state index contributed by atoms with van der Waals surface area (Å²) >= 11 is 0. The van der Waals surface area contributed by atoms with E-state index in [4.69, 9.17) is 9.52 Å². The lowest BCUT2D eigenvalue weighted by molar-refractivity contribution is 0.0665. The molecule has 3 rings (SSSR count). The normalized spacial score (nSPS) is 15.5. The summed E-state index contributed by atoms with van der Waals surface area (Å²) in [7, 11) is 0. The van der Waals surface area contributed by atoms with Gasteiger partial charge in [-0.15, -0.1) is 0 Å². The molecule has 0 radical (unpaired) electrons. The third-order valence-corrected chi connectivity index (χ3v) is 4.39. The van der Waals surface area contributed by atoms with E-state index >= 15 is 0 Å². The number of carbonyl (C=O) groups is 1. The fourth-order valence-corrected chi connectivity index (χ4v) is 2.90. The monoisotopic (exact) mass is 287 g/mol. The van der Waals surface area contributed by atoms with Crippen molar-refractivity contribution in [3.8, 4) is 0 Å². The van der Waals surface area contributed by atoms with Gasteiger partial charge in [0.2, 0.25) is 5.76 Å². The number of rotatable bonds is 6. The molecule has 1 aliphatic carbocycles. The van der Waals surface area contributed by atoms with E-state index in [9.17, 15) is 4.79 Å². The Labute approximate surface area is 124 Å². The molecule has 1 aromatic heterocycles. The zero-order valence-corrected chi connectivity index (χ0v) is 12.3. The molecule has 0 atom stereocenters. The summed E-state index contributed by atoms with van der Waals surface area (Å²) < 4.78 is 5.29. The van der Waals surface area contributed by atoms with E-state index in [-0.39, 0.29) is 5.76 Å². The summed E-state index contributed by atoms with van der Waals surface area (Å²) in [5.41, 5.74) is 1.85. The second kappa shape index (κ2) is 5.90. The lowest BCUT2D eigenvalue weighted by Gasteiger charge is -2.31. The molecule has 1 saturated carbocycles. The van der Waals surface area contributed by atoms with Crippen molar-refractivity contribution < 1.29 is 14.3 Å². The number of hydrogen-bond donors (Lipinski definition) is 1. The standard InChI is InChI=1S/C17H21NO3/c1-2-18(10-12-4-3-5-12)11-13-6-7-15-14(8-13)9-16(21-15)17(19)20/h6-9,12H,2-5,10-11H2,1H3,(H,19,20). The predicted molar refractivity (Wildman–Crippen MR) is 81.5 cm³/mol. The van der Waals surface area contributed by atoms with E-state index in [1.807, 2.05) is 18.2 Å². The van der Waals surface area contributed by atoms with Crippen molar-refractivity contribution in [2.45, 2.75) is 32.7 Å². The third kappa shape index (κ3) is 3.10. The topological polar surface area (TPSA) is 53.7 Å². The summed E-state index contributed by atoms with van der Waals surface area (Å²) in [6.45, 7) is 5.31. The maximum atomic E-state index is 10.9. The number of fused-ring (bicyclic) bond motifs is 1. The van der Waals surface area contributed by atoms with Gasteiger partial charge in [-0.05, 0) is 49.1 Å². The first-order valence-corrected chi connectivity index (χ1v) is 7.64. The Bertz CT molecular complexity index is 643. The Hall–Kier alpha value is -1.81. The Morgan fingerprint density at radius 3 is 2.81 bits per heavy atom. The molecule has 4 nitrogen and oxygen atoms in total. The first-order chi connectivity index (χ1) is 10.2. The molecule has 0 aliphatic heterocycles. The highest BCUT2D eigenvalue weighted by molar-refractivity contribution is 5.91. The van der Waals surface area contributed by atoms with Crippen molar-refractivity contribution in [1.29, 1.82) is 0 Å². The smallest absolute Gasteiger partial charge is 0.371 e. The molecule has 112 valence electrons. The molecule has 0 amide bonds. The Balaban J connectivity index is 1.74. The van der Waals surface area contributed by atoms with Crippen molar-refractivity contribution in [2.24, 2.45) is 5.92 Å². The minimum Gasteiger partial charge on any atom is -0.475 e. The lowest BCUT2D eigenvalue weighted by atomic mass is 9.85. The molecule has 1 N–H and O–H groups in total. The Morgan fingerprint density at radius 2 is 2.19 bits per heavy atom. The molecule has 1 heterocycles. The van der Waals surface area contributed by atoms with Crippen LogP contribution in [-0.4, -0.2) is 29.1 Å². The van der Waals surface area contributed by atoms with Gasteiger partial charge in [0.25, 0.3) is 0 Å². The van der Waals surface area contributed by atoms with E-state index in [0.717, 1.165) is 24.4 Å². The zero-order chi connectivity index (χ0) is 14.8. The number of benzene rings is 1. The highest BCUT2D eigenvalue weighted by Gasteiger charge is 2.20. The molecule has 0 saturated heterocycles. The second-order valence-electron chi connectivity index (χ2n) is 5.91. The van der Waals surface area contributed by atoms with Crippen LogP contribution in [0.15, 0.2) is 28.7 Å². The fourth-order valence-electron chi connectivity index (χ4n) is 2.90. The Morgan fingerprint density at radius 1 is 1.38 bits per heavy atom. The quantitative estimate of drug-likeness (QED) is 0.879. The van der Waals surface area contributed by atoms with Gasteiger partial charge < -0.3 is 9.52 Å². The minimum atomic E-state index is -1.02. The highest BCUT2D eigenvalue weighted by Crippen LogP contribution is 2.28. The van der Waals surface area contributed by atoms with Gasteiger partial charge in [0, 0.05) is 18.5 Å². The average Bonchev–Trinajstić information content (AvgIpc) is 2.84. The first kappa shape index (κ1) is 14.1. The van der Waals surface area contributed by atoms with Gasteiger partial charge >= 0.3 is 5.97 Å². The number of hydrogen-bond acceptors (Lipinski definition) is 3. The van der Waals surface area contributed by atoms with Gasteiger partial charge in [0.05, 0.1) is 0 Å². The van der Waals surface area contributed by atoms with Crippen molar-refractivity contribution >= 4 is 16.9 Å².